The van der Waals surface area contributed by atoms with Crippen molar-refractivity contribution >= 4 is 0 Å². The second-order valence-corrected chi connectivity index (χ2v) is 5.32. The summed E-state index contributed by atoms with van der Waals surface area (Å²) < 4.78 is 0. The van der Waals surface area contributed by atoms with Gasteiger partial charge in [0.2, 0.25) is 0 Å². The average molecular weight is 268 g/mol. The van der Waals surface area contributed by atoms with Gasteiger partial charge in [0.15, 0.2) is 0 Å². The fourth-order valence-corrected chi connectivity index (χ4v) is 2.46. The molecule has 0 fully saturated rings. The van der Waals surface area contributed by atoms with Crippen molar-refractivity contribution in [2.75, 3.05) is 0 Å². The standard InChI is InChI=1S/C18H24N2/c19-17(15-9-3-1-4-10-15)13-7-8-14-18(20)16-11-5-2-6-12-16/h1-6,9-12,17-18H,7-8,13-14,19-20H2. The van der Waals surface area contributed by atoms with Gasteiger partial charge in [-0.05, 0) is 24.0 Å². The maximum absolute atomic E-state index is 6.19. The molecule has 20 heavy (non-hydrogen) atoms. The lowest BCUT2D eigenvalue weighted by molar-refractivity contribution is 0.533. The summed E-state index contributed by atoms with van der Waals surface area (Å²) in [4.78, 5) is 0. The summed E-state index contributed by atoms with van der Waals surface area (Å²) in [5, 5.41) is 0. The van der Waals surface area contributed by atoms with Crippen LogP contribution in [0.25, 0.3) is 0 Å². The van der Waals surface area contributed by atoms with E-state index in [1.807, 2.05) is 36.4 Å². The summed E-state index contributed by atoms with van der Waals surface area (Å²) >= 11 is 0. The number of unbranched alkanes of at least 4 members (excludes halogenated alkanes) is 1. The predicted octanol–water partition coefficient (Wildman–Crippen LogP) is 3.95. The Hall–Kier alpha value is -1.64. The number of rotatable bonds is 7. The van der Waals surface area contributed by atoms with E-state index in [4.69, 9.17) is 11.5 Å². The van der Waals surface area contributed by atoms with E-state index in [2.05, 4.69) is 24.3 Å². The van der Waals surface area contributed by atoms with Gasteiger partial charge >= 0.3 is 0 Å². The highest BCUT2D eigenvalue weighted by atomic mass is 14.6. The Balaban J connectivity index is 1.69. The third-order valence-electron chi connectivity index (χ3n) is 3.74. The van der Waals surface area contributed by atoms with Crippen molar-refractivity contribution in [1.82, 2.24) is 0 Å². The molecule has 0 amide bonds. The molecule has 0 heterocycles. The normalized spacial score (nSPS) is 13.9. The van der Waals surface area contributed by atoms with Crippen LogP contribution in [0, 0.1) is 0 Å². The summed E-state index contributed by atoms with van der Waals surface area (Å²) in [6.07, 6.45) is 4.28. The Kier molecular flexibility index (Phi) is 5.78. The van der Waals surface area contributed by atoms with Crippen LogP contribution in [0.5, 0.6) is 0 Å². The molecule has 2 aromatic carbocycles. The Labute approximate surface area is 121 Å². The molecule has 0 aliphatic carbocycles. The summed E-state index contributed by atoms with van der Waals surface area (Å²) in [6, 6.07) is 20.9. The number of hydrogen-bond acceptors (Lipinski definition) is 2. The van der Waals surface area contributed by atoms with Crippen LogP contribution in [0.1, 0.15) is 48.9 Å². The van der Waals surface area contributed by atoms with Gasteiger partial charge in [0.1, 0.15) is 0 Å². The van der Waals surface area contributed by atoms with Crippen molar-refractivity contribution in [1.29, 1.82) is 0 Å². The van der Waals surface area contributed by atoms with Crippen molar-refractivity contribution in [3.05, 3.63) is 71.8 Å². The van der Waals surface area contributed by atoms with Crippen molar-refractivity contribution in [3.8, 4) is 0 Å². The van der Waals surface area contributed by atoms with Gasteiger partial charge in [-0.2, -0.15) is 0 Å². The molecule has 4 N–H and O–H groups in total. The van der Waals surface area contributed by atoms with Crippen LogP contribution in [0.2, 0.25) is 0 Å². The third-order valence-corrected chi connectivity index (χ3v) is 3.74. The van der Waals surface area contributed by atoms with Gasteiger partial charge in [-0.25, -0.2) is 0 Å². The van der Waals surface area contributed by atoms with Crippen LogP contribution in [-0.4, -0.2) is 0 Å². The lowest BCUT2D eigenvalue weighted by Gasteiger charge is -2.14. The summed E-state index contributed by atoms with van der Waals surface area (Å²) in [7, 11) is 0. The lowest BCUT2D eigenvalue weighted by atomic mass is 9.98. The van der Waals surface area contributed by atoms with Crippen LogP contribution >= 0.6 is 0 Å². The highest BCUT2D eigenvalue weighted by Gasteiger charge is 2.07. The van der Waals surface area contributed by atoms with Gasteiger partial charge in [0.25, 0.3) is 0 Å². The minimum absolute atomic E-state index is 0.143. The Bertz CT molecular complexity index is 434. The number of benzene rings is 2. The first kappa shape index (κ1) is 14.8. The smallest absolute Gasteiger partial charge is 0.0294 e. The molecular formula is C18H24N2. The molecule has 2 atom stereocenters. The van der Waals surface area contributed by atoms with E-state index in [0.717, 1.165) is 25.7 Å². The first-order valence-corrected chi connectivity index (χ1v) is 7.38. The van der Waals surface area contributed by atoms with Crippen LogP contribution in [0.4, 0.5) is 0 Å². The minimum Gasteiger partial charge on any atom is -0.324 e. The van der Waals surface area contributed by atoms with Crippen LogP contribution < -0.4 is 11.5 Å². The molecule has 2 aromatic rings. The molecule has 106 valence electrons. The van der Waals surface area contributed by atoms with Crippen molar-refractivity contribution in [3.63, 3.8) is 0 Å². The van der Waals surface area contributed by atoms with E-state index in [1.165, 1.54) is 11.1 Å². The predicted molar refractivity (Wildman–Crippen MR) is 85.2 cm³/mol. The number of nitrogens with two attached hydrogens (primary N) is 2. The second-order valence-electron chi connectivity index (χ2n) is 5.32. The van der Waals surface area contributed by atoms with Crippen molar-refractivity contribution in [2.45, 2.75) is 37.8 Å². The molecule has 0 bridgehead atoms. The highest BCUT2D eigenvalue weighted by Crippen LogP contribution is 2.20. The van der Waals surface area contributed by atoms with Gasteiger partial charge in [0.05, 0.1) is 0 Å². The third kappa shape index (κ3) is 4.48. The molecule has 0 aliphatic rings. The van der Waals surface area contributed by atoms with E-state index in [9.17, 15) is 0 Å². The zero-order valence-corrected chi connectivity index (χ0v) is 11.9. The van der Waals surface area contributed by atoms with Crippen molar-refractivity contribution in [2.24, 2.45) is 11.5 Å². The Morgan fingerprint density at radius 2 is 0.950 bits per heavy atom. The van der Waals surface area contributed by atoms with Gasteiger partial charge in [0, 0.05) is 12.1 Å². The summed E-state index contributed by atoms with van der Waals surface area (Å²) in [6.45, 7) is 0. The van der Waals surface area contributed by atoms with Crippen LogP contribution in [0.15, 0.2) is 60.7 Å². The van der Waals surface area contributed by atoms with E-state index < -0.39 is 0 Å². The van der Waals surface area contributed by atoms with Gasteiger partial charge < -0.3 is 11.5 Å². The van der Waals surface area contributed by atoms with E-state index in [-0.39, 0.29) is 12.1 Å². The minimum atomic E-state index is 0.143. The van der Waals surface area contributed by atoms with Gasteiger partial charge in [-0.15, -0.1) is 0 Å². The first-order chi connectivity index (χ1) is 9.77. The van der Waals surface area contributed by atoms with E-state index in [0.29, 0.717) is 0 Å². The van der Waals surface area contributed by atoms with Gasteiger partial charge in [-0.3, -0.25) is 0 Å². The SMILES string of the molecule is NC(CCCCC(N)c1ccccc1)c1ccccc1. The average Bonchev–Trinajstić information content (AvgIpc) is 2.53. The Morgan fingerprint density at radius 3 is 1.30 bits per heavy atom. The molecule has 2 heteroatoms. The monoisotopic (exact) mass is 268 g/mol. The zero-order valence-electron chi connectivity index (χ0n) is 11.9. The maximum Gasteiger partial charge on any atom is 0.0294 e. The Morgan fingerprint density at radius 1 is 0.600 bits per heavy atom. The zero-order chi connectivity index (χ0) is 14.2. The molecule has 2 rings (SSSR count). The molecule has 2 unspecified atom stereocenters. The molecule has 0 saturated heterocycles. The molecule has 0 aliphatic heterocycles. The molecule has 0 aromatic heterocycles. The molecular weight excluding hydrogens is 244 g/mol. The molecule has 0 radical (unpaired) electrons. The summed E-state index contributed by atoms with van der Waals surface area (Å²) in [5.41, 5.74) is 14.8. The van der Waals surface area contributed by atoms with E-state index in [1.54, 1.807) is 0 Å². The van der Waals surface area contributed by atoms with E-state index >= 15 is 0 Å². The fourth-order valence-electron chi connectivity index (χ4n) is 2.46. The number of hydrogen-bond donors (Lipinski definition) is 2. The van der Waals surface area contributed by atoms with Gasteiger partial charge in [-0.1, -0.05) is 73.5 Å². The topological polar surface area (TPSA) is 52.0 Å². The second kappa shape index (κ2) is 7.83. The molecule has 0 spiro atoms. The summed E-state index contributed by atoms with van der Waals surface area (Å²) in [5.74, 6) is 0. The van der Waals surface area contributed by atoms with Crippen LogP contribution in [-0.2, 0) is 0 Å². The lowest BCUT2D eigenvalue weighted by Crippen LogP contribution is -2.12. The van der Waals surface area contributed by atoms with Crippen molar-refractivity contribution < 1.29 is 0 Å². The molecule has 0 saturated carbocycles. The highest BCUT2D eigenvalue weighted by molar-refractivity contribution is 5.19. The molecule has 2 nitrogen and oxygen atoms in total. The van der Waals surface area contributed by atoms with Crippen LogP contribution in [0.3, 0.4) is 0 Å². The quantitative estimate of drug-likeness (QED) is 0.747. The fraction of sp³-hybridized carbons (Fsp3) is 0.333. The first-order valence-electron chi connectivity index (χ1n) is 7.38. The maximum atomic E-state index is 6.19. The largest absolute Gasteiger partial charge is 0.324 e.